The van der Waals surface area contributed by atoms with Crippen molar-refractivity contribution in [2.75, 3.05) is 31.1 Å². The third-order valence-corrected chi connectivity index (χ3v) is 5.47. The monoisotopic (exact) mass is 304 g/mol. The van der Waals surface area contributed by atoms with Crippen molar-refractivity contribution in [1.82, 2.24) is 10.2 Å². The first-order chi connectivity index (χ1) is 9.35. The van der Waals surface area contributed by atoms with Crippen LogP contribution in [0.4, 0.5) is 0 Å². The Morgan fingerprint density at radius 3 is 2.60 bits per heavy atom. The number of nitrogens with one attached hydrogen (secondary N) is 1. The normalized spacial score (nSPS) is 19.5. The molecular formula is C14H28N2O3S. The van der Waals surface area contributed by atoms with Crippen molar-refractivity contribution in [2.24, 2.45) is 5.92 Å². The molecule has 1 amide bonds. The van der Waals surface area contributed by atoms with Gasteiger partial charge in [0.05, 0.1) is 11.5 Å². The van der Waals surface area contributed by atoms with Crippen molar-refractivity contribution in [3.63, 3.8) is 0 Å². The molecule has 0 aromatic carbocycles. The van der Waals surface area contributed by atoms with Crippen LogP contribution in [0.15, 0.2) is 0 Å². The fourth-order valence-corrected chi connectivity index (χ4v) is 4.30. The minimum absolute atomic E-state index is 0.0205. The zero-order valence-corrected chi connectivity index (χ0v) is 13.7. The van der Waals surface area contributed by atoms with Crippen molar-refractivity contribution in [3.05, 3.63) is 0 Å². The molecule has 6 heteroatoms. The summed E-state index contributed by atoms with van der Waals surface area (Å²) in [7, 11) is -3.11. The van der Waals surface area contributed by atoms with E-state index in [9.17, 15) is 13.2 Å². The molecule has 1 aliphatic heterocycles. The van der Waals surface area contributed by atoms with E-state index in [1.54, 1.807) is 0 Å². The molecule has 0 bridgehead atoms. The van der Waals surface area contributed by atoms with Crippen LogP contribution in [0.1, 0.15) is 40.0 Å². The van der Waals surface area contributed by atoms with Gasteiger partial charge in [-0.25, -0.2) is 8.42 Å². The second-order valence-corrected chi connectivity index (χ2v) is 8.22. The summed E-state index contributed by atoms with van der Waals surface area (Å²) in [4.78, 5) is 14.2. The third kappa shape index (κ3) is 5.79. The predicted octanol–water partition coefficient (Wildman–Crippen LogP) is 1.05. The van der Waals surface area contributed by atoms with Gasteiger partial charge in [-0.05, 0) is 25.3 Å². The Hall–Kier alpha value is -0.620. The molecule has 0 radical (unpaired) electrons. The lowest BCUT2D eigenvalue weighted by Crippen LogP contribution is -2.42. The first kappa shape index (κ1) is 17.4. The number of carbonyl (C=O) groups is 1. The van der Waals surface area contributed by atoms with Gasteiger partial charge in [0.15, 0.2) is 9.84 Å². The van der Waals surface area contributed by atoms with Crippen LogP contribution in [0.25, 0.3) is 0 Å². The maximum Gasteiger partial charge on any atom is 0.223 e. The van der Waals surface area contributed by atoms with Crippen LogP contribution in [0, 0.1) is 5.92 Å². The summed E-state index contributed by atoms with van der Waals surface area (Å²) in [6.07, 6.45) is 1.98. The molecule has 1 rings (SSSR count). The van der Waals surface area contributed by atoms with Crippen molar-refractivity contribution < 1.29 is 13.2 Å². The topological polar surface area (TPSA) is 66.5 Å². The number of hydrogen-bond donors (Lipinski definition) is 1. The highest BCUT2D eigenvalue weighted by Gasteiger charge is 2.26. The molecule has 118 valence electrons. The summed E-state index contributed by atoms with van der Waals surface area (Å²) in [5.74, 6) is 0.234. The van der Waals surface area contributed by atoms with Crippen LogP contribution >= 0.6 is 0 Å². The Bertz CT molecular complexity index is 401. The molecule has 0 aromatic rings. The van der Waals surface area contributed by atoms with Gasteiger partial charge in [-0.15, -0.1) is 0 Å². The maximum absolute atomic E-state index is 12.3. The first-order valence-electron chi connectivity index (χ1n) is 7.56. The lowest BCUT2D eigenvalue weighted by molar-refractivity contribution is -0.132. The molecule has 5 nitrogen and oxygen atoms in total. The van der Waals surface area contributed by atoms with E-state index in [0.717, 1.165) is 32.5 Å². The molecular weight excluding hydrogens is 276 g/mol. The summed E-state index contributed by atoms with van der Waals surface area (Å²) < 4.78 is 23.7. The first-order valence-corrected chi connectivity index (χ1v) is 9.38. The number of sulfone groups is 1. The van der Waals surface area contributed by atoms with Crippen LogP contribution in [-0.4, -0.2) is 56.4 Å². The summed E-state index contributed by atoms with van der Waals surface area (Å²) >= 11 is 0. The van der Waals surface area contributed by atoms with Crippen LogP contribution < -0.4 is 5.32 Å². The van der Waals surface area contributed by atoms with Crippen LogP contribution in [-0.2, 0) is 14.6 Å². The van der Waals surface area contributed by atoms with Gasteiger partial charge in [-0.3, -0.25) is 4.79 Å². The largest absolute Gasteiger partial charge is 0.338 e. The summed E-state index contributed by atoms with van der Waals surface area (Å²) in [6, 6.07) is 0.232. The molecule has 0 aliphatic carbocycles. The van der Waals surface area contributed by atoms with Crippen molar-refractivity contribution >= 4 is 15.7 Å². The number of hydrogen-bond acceptors (Lipinski definition) is 4. The van der Waals surface area contributed by atoms with Crippen molar-refractivity contribution in [1.29, 1.82) is 0 Å². The Morgan fingerprint density at radius 2 is 2.10 bits per heavy atom. The average molecular weight is 304 g/mol. The molecule has 0 aromatic heterocycles. The molecule has 0 spiro atoms. The molecule has 1 saturated heterocycles. The van der Waals surface area contributed by atoms with Crippen LogP contribution in [0.2, 0.25) is 0 Å². The minimum Gasteiger partial charge on any atom is -0.338 e. The zero-order chi connectivity index (χ0) is 15.2. The quantitative estimate of drug-likeness (QED) is 0.728. The molecule has 1 aliphatic rings. The van der Waals surface area contributed by atoms with Gasteiger partial charge in [0.2, 0.25) is 5.91 Å². The molecule has 1 heterocycles. The van der Waals surface area contributed by atoms with Gasteiger partial charge in [-0.2, -0.15) is 0 Å². The van der Waals surface area contributed by atoms with Crippen molar-refractivity contribution in [3.8, 4) is 0 Å². The van der Waals surface area contributed by atoms with E-state index in [1.807, 2.05) is 25.7 Å². The van der Waals surface area contributed by atoms with E-state index in [-0.39, 0.29) is 35.8 Å². The molecule has 1 atom stereocenters. The maximum atomic E-state index is 12.3. The van der Waals surface area contributed by atoms with Gasteiger partial charge in [0, 0.05) is 25.6 Å². The fourth-order valence-electron chi connectivity index (χ4n) is 2.63. The highest BCUT2D eigenvalue weighted by molar-refractivity contribution is 7.91. The number of nitrogens with zero attached hydrogens (tertiary/aromatic N) is 1. The smallest absolute Gasteiger partial charge is 0.223 e. The van der Waals surface area contributed by atoms with Gasteiger partial charge < -0.3 is 10.2 Å². The average Bonchev–Trinajstić information content (AvgIpc) is 2.85. The summed E-state index contributed by atoms with van der Waals surface area (Å²) in [6.45, 7) is 8.28. The predicted molar refractivity (Wildman–Crippen MR) is 81.4 cm³/mol. The summed E-state index contributed by atoms with van der Waals surface area (Å²) in [5, 5.41) is 3.25. The Morgan fingerprint density at radius 1 is 1.40 bits per heavy atom. The molecule has 1 fully saturated rings. The van der Waals surface area contributed by atoms with Gasteiger partial charge in [0.25, 0.3) is 0 Å². The van der Waals surface area contributed by atoms with Gasteiger partial charge >= 0.3 is 0 Å². The molecule has 1 N–H and O–H groups in total. The molecule has 0 saturated carbocycles. The van der Waals surface area contributed by atoms with E-state index in [4.69, 9.17) is 0 Å². The van der Waals surface area contributed by atoms with E-state index >= 15 is 0 Å². The second-order valence-electron chi connectivity index (χ2n) is 5.99. The van der Waals surface area contributed by atoms with E-state index in [0.29, 0.717) is 0 Å². The summed E-state index contributed by atoms with van der Waals surface area (Å²) in [5.41, 5.74) is 0. The highest BCUT2D eigenvalue weighted by atomic mass is 32.2. The fraction of sp³-hybridized carbons (Fsp3) is 0.929. The van der Waals surface area contributed by atoms with E-state index < -0.39 is 9.84 Å². The van der Waals surface area contributed by atoms with E-state index in [2.05, 4.69) is 5.32 Å². The Balaban J connectivity index is 2.53. The lowest BCUT2D eigenvalue weighted by Gasteiger charge is -2.28. The Kier molecular flexibility index (Phi) is 6.95. The number of amides is 1. The highest BCUT2D eigenvalue weighted by Crippen LogP contribution is 2.12. The van der Waals surface area contributed by atoms with Crippen molar-refractivity contribution in [2.45, 2.75) is 46.1 Å². The van der Waals surface area contributed by atoms with Crippen LogP contribution in [0.3, 0.4) is 0 Å². The minimum atomic E-state index is -3.11. The lowest BCUT2D eigenvalue weighted by atomic mass is 10.2. The zero-order valence-electron chi connectivity index (χ0n) is 12.9. The number of rotatable bonds is 8. The van der Waals surface area contributed by atoms with Crippen LogP contribution in [0.5, 0.6) is 0 Å². The molecule has 1 unspecified atom stereocenters. The number of carbonyl (C=O) groups excluding carboxylic acids is 1. The van der Waals surface area contributed by atoms with E-state index in [1.165, 1.54) is 0 Å². The second kappa shape index (κ2) is 7.98. The SMILES string of the molecule is CCCN(C(=O)CCS(=O)(=O)CC(C)C)C1CCNC1. The van der Waals surface area contributed by atoms with Gasteiger partial charge in [-0.1, -0.05) is 20.8 Å². The standard InChI is InChI=1S/C14H28N2O3S/c1-4-8-16(13-5-7-15-10-13)14(17)6-9-20(18,19)11-12(2)3/h12-13,15H,4-11H2,1-3H3. The third-order valence-electron chi connectivity index (χ3n) is 3.47. The molecule has 20 heavy (non-hydrogen) atoms. The Labute approximate surface area is 123 Å². The van der Waals surface area contributed by atoms with Gasteiger partial charge in [0.1, 0.15) is 0 Å².